The van der Waals surface area contributed by atoms with Crippen LogP contribution in [0.3, 0.4) is 0 Å². The van der Waals surface area contributed by atoms with Gasteiger partial charge in [0.1, 0.15) is 10.4 Å². The van der Waals surface area contributed by atoms with Crippen LogP contribution >= 0.6 is 0 Å². The van der Waals surface area contributed by atoms with Gasteiger partial charge in [0.15, 0.2) is 0 Å². The van der Waals surface area contributed by atoms with Crippen LogP contribution in [-0.4, -0.2) is 0 Å². The lowest BCUT2D eigenvalue weighted by molar-refractivity contribution is 1.41. The third-order valence-electron chi connectivity index (χ3n) is 2.01. The summed E-state index contributed by atoms with van der Waals surface area (Å²) >= 11 is 0. The Labute approximate surface area is 66.9 Å². The molecule has 1 aliphatic carbocycles. The monoisotopic (exact) mass is 143 g/mol. The smallest absolute Gasteiger partial charge is 0.0429 e. The Morgan fingerprint density at radius 2 is 1.82 bits per heavy atom. The van der Waals surface area contributed by atoms with E-state index in [0.29, 0.717) is 0 Å². The summed E-state index contributed by atoms with van der Waals surface area (Å²) in [7, 11) is 0. The third kappa shape index (κ3) is 1.05. The highest BCUT2D eigenvalue weighted by molar-refractivity contribution is 5.65. The normalized spacial score (nSPS) is 13.8. The fourth-order valence-electron chi connectivity index (χ4n) is 1.48. The predicted molar refractivity (Wildman–Crippen MR) is 48.3 cm³/mol. The van der Waals surface area contributed by atoms with Gasteiger partial charge in [-0.25, -0.2) is 0 Å². The number of rotatable bonds is 0. The van der Waals surface area contributed by atoms with Crippen molar-refractivity contribution in [3.63, 3.8) is 0 Å². The van der Waals surface area contributed by atoms with Gasteiger partial charge in [0.25, 0.3) is 0 Å². The van der Waals surface area contributed by atoms with E-state index in [-0.39, 0.29) is 0 Å². The molecule has 0 aliphatic heterocycles. The van der Waals surface area contributed by atoms with E-state index in [0.717, 1.165) is 0 Å². The van der Waals surface area contributed by atoms with E-state index in [9.17, 15) is 0 Å². The van der Waals surface area contributed by atoms with Gasteiger partial charge >= 0.3 is 0 Å². The lowest BCUT2D eigenvalue weighted by Crippen LogP contribution is -2.20. The minimum atomic E-state index is 1.34. The maximum absolute atomic E-state index is 2.22. The molecule has 0 heteroatoms. The SMILES string of the molecule is Cc1ccc2c(c1)=C[C+](C)C=2. The lowest BCUT2D eigenvalue weighted by atomic mass is 10.2. The summed E-state index contributed by atoms with van der Waals surface area (Å²) < 4.78 is 0. The highest BCUT2D eigenvalue weighted by Gasteiger charge is 2.09. The Kier molecular flexibility index (Phi) is 1.28. The molecular formula is C11H11+. The largest absolute Gasteiger partial charge is 0.126 e. The zero-order valence-corrected chi connectivity index (χ0v) is 6.89. The van der Waals surface area contributed by atoms with Crippen molar-refractivity contribution in [3.8, 4) is 0 Å². The van der Waals surface area contributed by atoms with Crippen LogP contribution in [0.2, 0.25) is 0 Å². The van der Waals surface area contributed by atoms with Crippen molar-refractivity contribution in [2.75, 3.05) is 0 Å². The van der Waals surface area contributed by atoms with E-state index >= 15 is 0 Å². The molecule has 0 bridgehead atoms. The summed E-state index contributed by atoms with van der Waals surface area (Å²) in [5, 5.41) is 2.72. The first-order chi connectivity index (χ1) is 5.25. The second-order valence-corrected chi connectivity index (χ2v) is 3.17. The van der Waals surface area contributed by atoms with E-state index in [1.807, 2.05) is 0 Å². The van der Waals surface area contributed by atoms with E-state index in [1.165, 1.54) is 21.9 Å². The van der Waals surface area contributed by atoms with Crippen molar-refractivity contribution in [2.24, 2.45) is 0 Å². The molecule has 0 atom stereocenters. The van der Waals surface area contributed by atoms with Gasteiger partial charge in [-0.1, -0.05) is 0 Å². The zero-order chi connectivity index (χ0) is 7.84. The number of fused-ring (bicyclic) bond motifs is 1. The number of hydrogen-bond acceptors (Lipinski definition) is 0. The molecule has 0 fully saturated rings. The second-order valence-electron chi connectivity index (χ2n) is 3.17. The summed E-state index contributed by atoms with van der Waals surface area (Å²) in [6, 6.07) is 6.56. The minimum Gasteiger partial charge on any atom is -0.0429 e. The Morgan fingerprint density at radius 3 is 2.64 bits per heavy atom. The van der Waals surface area contributed by atoms with Gasteiger partial charge in [-0.05, 0) is 18.6 Å². The van der Waals surface area contributed by atoms with E-state index in [4.69, 9.17) is 0 Å². The first-order valence-corrected chi connectivity index (χ1v) is 3.89. The molecular weight excluding hydrogens is 132 g/mol. The molecule has 2 rings (SSSR count). The Morgan fingerprint density at radius 1 is 1.09 bits per heavy atom. The quantitative estimate of drug-likeness (QED) is 0.478. The van der Waals surface area contributed by atoms with Gasteiger partial charge < -0.3 is 0 Å². The van der Waals surface area contributed by atoms with Crippen molar-refractivity contribution in [2.45, 2.75) is 13.8 Å². The van der Waals surface area contributed by atoms with Crippen LogP contribution in [-0.2, 0) is 0 Å². The van der Waals surface area contributed by atoms with Crippen molar-refractivity contribution >= 4 is 12.2 Å². The minimum absolute atomic E-state index is 1.34. The molecule has 1 aromatic carbocycles. The van der Waals surface area contributed by atoms with Gasteiger partial charge in [0.2, 0.25) is 0 Å². The number of aryl methyl sites for hydroxylation is 1. The number of benzene rings is 1. The third-order valence-corrected chi connectivity index (χ3v) is 2.01. The average molecular weight is 143 g/mol. The molecule has 0 amide bonds. The Balaban J connectivity index is 2.78. The number of hydrogen-bond donors (Lipinski definition) is 0. The molecule has 0 radical (unpaired) electrons. The maximum Gasteiger partial charge on any atom is 0.126 e. The Hall–Kier alpha value is -1.17. The van der Waals surface area contributed by atoms with Crippen LogP contribution in [0.1, 0.15) is 12.5 Å². The van der Waals surface area contributed by atoms with Crippen molar-refractivity contribution < 1.29 is 0 Å². The fraction of sp³-hybridized carbons (Fsp3) is 0.182. The summed E-state index contributed by atoms with van der Waals surface area (Å²) in [6.45, 7) is 4.26. The summed E-state index contributed by atoms with van der Waals surface area (Å²) in [4.78, 5) is 0. The standard InChI is InChI=1S/C11H11/c1-8-3-4-10-6-9(2)7-11(10)5-8/h3-7H,1-2H3/q+1. The maximum atomic E-state index is 2.22. The molecule has 0 saturated heterocycles. The predicted octanol–water partition coefficient (Wildman–Crippen LogP) is 1.16. The molecule has 0 saturated carbocycles. The summed E-state index contributed by atoms with van der Waals surface area (Å²) in [6.07, 6.45) is 4.44. The molecule has 0 heterocycles. The van der Waals surface area contributed by atoms with Gasteiger partial charge in [-0.2, -0.15) is 0 Å². The van der Waals surface area contributed by atoms with Crippen molar-refractivity contribution in [1.29, 1.82) is 0 Å². The second kappa shape index (κ2) is 2.16. The first-order valence-electron chi connectivity index (χ1n) is 3.89. The zero-order valence-electron chi connectivity index (χ0n) is 6.89. The molecule has 0 nitrogen and oxygen atoms in total. The lowest BCUT2D eigenvalue weighted by Gasteiger charge is -1.81. The van der Waals surface area contributed by atoms with Crippen molar-refractivity contribution in [3.05, 3.63) is 40.1 Å². The molecule has 1 aliphatic rings. The van der Waals surface area contributed by atoms with E-state index in [2.05, 4.69) is 44.2 Å². The first kappa shape index (κ1) is 6.53. The Bertz CT molecular complexity index is 385. The van der Waals surface area contributed by atoms with Crippen LogP contribution in [0.15, 0.2) is 18.2 Å². The highest BCUT2D eigenvalue weighted by atomic mass is 14.0. The summed E-state index contributed by atoms with van der Waals surface area (Å²) in [5.74, 6) is 1.35. The van der Waals surface area contributed by atoms with Crippen LogP contribution in [0.5, 0.6) is 0 Å². The van der Waals surface area contributed by atoms with Crippen LogP contribution in [0.25, 0.3) is 12.2 Å². The van der Waals surface area contributed by atoms with E-state index in [1.54, 1.807) is 0 Å². The molecule has 0 aromatic heterocycles. The summed E-state index contributed by atoms with van der Waals surface area (Å²) in [5.41, 5.74) is 1.34. The average Bonchev–Trinajstić information content (AvgIpc) is 2.27. The van der Waals surface area contributed by atoms with Gasteiger partial charge in [0.05, 0.1) is 18.1 Å². The topological polar surface area (TPSA) is 0 Å². The molecule has 0 spiro atoms. The molecule has 1 aromatic rings. The van der Waals surface area contributed by atoms with Gasteiger partial charge in [-0.3, -0.25) is 0 Å². The molecule has 11 heavy (non-hydrogen) atoms. The highest BCUT2D eigenvalue weighted by Crippen LogP contribution is 2.04. The fourth-order valence-corrected chi connectivity index (χ4v) is 1.48. The van der Waals surface area contributed by atoms with Gasteiger partial charge in [-0.15, -0.1) is 0 Å². The molecule has 54 valence electrons. The van der Waals surface area contributed by atoms with Gasteiger partial charge in [0, 0.05) is 19.1 Å². The molecule has 0 unspecified atom stereocenters. The van der Waals surface area contributed by atoms with Crippen LogP contribution < -0.4 is 10.4 Å². The van der Waals surface area contributed by atoms with E-state index < -0.39 is 0 Å². The van der Waals surface area contributed by atoms with Crippen molar-refractivity contribution in [1.82, 2.24) is 0 Å². The van der Waals surface area contributed by atoms with Crippen LogP contribution in [0.4, 0.5) is 0 Å². The van der Waals surface area contributed by atoms with Crippen LogP contribution in [0, 0.1) is 12.8 Å². The molecule has 0 N–H and O–H groups in total.